The van der Waals surface area contributed by atoms with E-state index in [1.54, 1.807) is 23.9 Å². The van der Waals surface area contributed by atoms with Crippen LogP contribution in [0.4, 0.5) is 0 Å². The summed E-state index contributed by atoms with van der Waals surface area (Å²) < 4.78 is 1.79. The Balaban J connectivity index is 2.29. The van der Waals surface area contributed by atoms with Crippen molar-refractivity contribution in [2.45, 2.75) is 52.6 Å². The molecule has 24 heavy (non-hydrogen) atoms. The number of aliphatic carboxylic acids is 1. The number of rotatable bonds is 6. The molecule has 1 atom stereocenters. The zero-order valence-electron chi connectivity index (χ0n) is 14.7. The molecule has 0 aliphatic heterocycles. The number of pyridine rings is 1. The summed E-state index contributed by atoms with van der Waals surface area (Å²) in [7, 11) is 0. The molecule has 0 fully saturated rings. The van der Waals surface area contributed by atoms with Gasteiger partial charge in [0.05, 0.1) is 23.7 Å². The van der Waals surface area contributed by atoms with Gasteiger partial charge in [-0.1, -0.05) is 13.8 Å². The van der Waals surface area contributed by atoms with E-state index >= 15 is 0 Å². The van der Waals surface area contributed by atoms with Crippen LogP contribution < -0.4 is 5.32 Å². The van der Waals surface area contributed by atoms with Crippen molar-refractivity contribution in [1.82, 2.24) is 20.1 Å². The molecule has 130 valence electrons. The summed E-state index contributed by atoms with van der Waals surface area (Å²) in [6, 6.07) is 1.90. The van der Waals surface area contributed by atoms with Crippen LogP contribution in [0.5, 0.6) is 0 Å². The zero-order chi connectivity index (χ0) is 18.1. The summed E-state index contributed by atoms with van der Waals surface area (Å²) >= 11 is 0. The van der Waals surface area contributed by atoms with Gasteiger partial charge in [0, 0.05) is 17.6 Å². The van der Waals surface area contributed by atoms with E-state index in [4.69, 9.17) is 5.11 Å². The highest BCUT2D eigenvalue weighted by atomic mass is 16.4. The van der Waals surface area contributed by atoms with E-state index in [1.807, 2.05) is 27.7 Å². The monoisotopic (exact) mass is 332 g/mol. The molecule has 0 aliphatic rings. The number of carboxylic acids is 1. The molecular formula is C17H24N4O3. The van der Waals surface area contributed by atoms with Gasteiger partial charge in [0.2, 0.25) is 0 Å². The van der Waals surface area contributed by atoms with E-state index in [2.05, 4.69) is 15.4 Å². The van der Waals surface area contributed by atoms with E-state index in [0.29, 0.717) is 5.56 Å². The molecule has 7 nitrogen and oxygen atoms in total. The largest absolute Gasteiger partial charge is 0.481 e. The van der Waals surface area contributed by atoms with Crippen molar-refractivity contribution in [3.05, 3.63) is 24.0 Å². The third-order valence-corrected chi connectivity index (χ3v) is 4.38. The quantitative estimate of drug-likeness (QED) is 0.847. The Labute approximate surface area is 141 Å². The second-order valence-corrected chi connectivity index (χ2v) is 6.92. The minimum absolute atomic E-state index is 0.0297. The fraction of sp³-hybridized carbons (Fsp3) is 0.529. The minimum atomic E-state index is -0.946. The molecule has 0 spiro atoms. The second-order valence-electron chi connectivity index (χ2n) is 6.92. The summed E-state index contributed by atoms with van der Waals surface area (Å²) in [5, 5.41) is 17.0. The van der Waals surface area contributed by atoms with Crippen molar-refractivity contribution >= 4 is 22.9 Å². The lowest BCUT2D eigenvalue weighted by atomic mass is 9.85. The topological polar surface area (TPSA) is 97.1 Å². The fourth-order valence-electron chi connectivity index (χ4n) is 2.48. The van der Waals surface area contributed by atoms with Crippen LogP contribution in [-0.2, 0) is 4.79 Å². The predicted molar refractivity (Wildman–Crippen MR) is 90.9 cm³/mol. The van der Waals surface area contributed by atoms with Crippen LogP contribution in [0.25, 0.3) is 11.0 Å². The number of carboxylic acid groups (broad SMARTS) is 1. The average Bonchev–Trinajstić information content (AvgIpc) is 2.89. The molecule has 2 N–H and O–H groups in total. The zero-order valence-corrected chi connectivity index (χ0v) is 14.7. The molecule has 1 amide bonds. The first-order chi connectivity index (χ1) is 11.1. The summed E-state index contributed by atoms with van der Waals surface area (Å²) in [4.78, 5) is 28.0. The maximum absolute atomic E-state index is 12.6. The third kappa shape index (κ3) is 3.55. The van der Waals surface area contributed by atoms with Crippen LogP contribution in [0.1, 0.15) is 57.4 Å². The summed E-state index contributed by atoms with van der Waals surface area (Å²) in [5.74, 6) is -1.31. The number of hydrogen-bond acceptors (Lipinski definition) is 4. The van der Waals surface area contributed by atoms with Crippen molar-refractivity contribution in [1.29, 1.82) is 0 Å². The number of amides is 1. The molecule has 0 saturated carbocycles. The SMILES string of the molecule is CC(C)n1ncc2cc(C(=O)NC(C)(CC(=O)O)C(C)C)cnc21. The van der Waals surface area contributed by atoms with E-state index in [-0.39, 0.29) is 24.3 Å². The Bertz CT molecular complexity index is 766. The van der Waals surface area contributed by atoms with E-state index in [1.165, 1.54) is 6.20 Å². The van der Waals surface area contributed by atoms with Gasteiger partial charge in [0.1, 0.15) is 0 Å². The number of carbonyl (C=O) groups excluding carboxylic acids is 1. The Kier molecular flexibility index (Phi) is 4.91. The van der Waals surface area contributed by atoms with Gasteiger partial charge in [-0.15, -0.1) is 0 Å². The molecule has 2 rings (SSSR count). The van der Waals surface area contributed by atoms with Crippen LogP contribution in [-0.4, -0.2) is 37.3 Å². The van der Waals surface area contributed by atoms with E-state index in [0.717, 1.165) is 11.0 Å². The van der Waals surface area contributed by atoms with Crippen LogP contribution in [0, 0.1) is 5.92 Å². The highest BCUT2D eigenvalue weighted by molar-refractivity contribution is 5.97. The van der Waals surface area contributed by atoms with E-state index in [9.17, 15) is 9.59 Å². The van der Waals surface area contributed by atoms with Crippen LogP contribution in [0.2, 0.25) is 0 Å². The van der Waals surface area contributed by atoms with Crippen LogP contribution in [0.3, 0.4) is 0 Å². The van der Waals surface area contributed by atoms with Gasteiger partial charge in [-0.2, -0.15) is 5.10 Å². The normalized spacial score (nSPS) is 14.1. The molecule has 2 heterocycles. The van der Waals surface area contributed by atoms with Crippen molar-refractivity contribution in [2.75, 3.05) is 0 Å². The van der Waals surface area contributed by atoms with Crippen LogP contribution >= 0.6 is 0 Å². The highest BCUT2D eigenvalue weighted by Gasteiger charge is 2.33. The van der Waals surface area contributed by atoms with Gasteiger partial charge in [0.15, 0.2) is 5.65 Å². The highest BCUT2D eigenvalue weighted by Crippen LogP contribution is 2.22. The molecule has 0 aromatic carbocycles. The summed E-state index contributed by atoms with van der Waals surface area (Å²) in [6.45, 7) is 9.53. The fourth-order valence-corrected chi connectivity index (χ4v) is 2.48. The second kappa shape index (κ2) is 6.59. The van der Waals surface area contributed by atoms with Gasteiger partial charge in [-0.25, -0.2) is 9.67 Å². The van der Waals surface area contributed by atoms with Crippen LogP contribution in [0.15, 0.2) is 18.5 Å². The van der Waals surface area contributed by atoms with Crippen molar-refractivity contribution < 1.29 is 14.7 Å². The molecule has 0 saturated heterocycles. The number of nitrogens with zero attached hydrogens (tertiary/aromatic N) is 3. The number of nitrogens with one attached hydrogen (secondary N) is 1. The third-order valence-electron chi connectivity index (χ3n) is 4.38. The Morgan fingerprint density at radius 3 is 2.50 bits per heavy atom. The molecule has 0 aliphatic carbocycles. The van der Waals surface area contributed by atoms with Crippen molar-refractivity contribution in [3.63, 3.8) is 0 Å². The number of aromatic nitrogens is 3. The maximum Gasteiger partial charge on any atom is 0.305 e. The van der Waals surface area contributed by atoms with Crippen molar-refractivity contribution in [2.24, 2.45) is 5.92 Å². The standard InChI is InChI=1S/C17H24N4O3/c1-10(2)17(5,7-14(22)23)20-16(24)13-6-12-9-19-21(11(3)4)15(12)18-8-13/h6,8-11H,7H2,1-5H3,(H,20,24)(H,22,23). The first-order valence-corrected chi connectivity index (χ1v) is 8.01. The van der Waals surface area contributed by atoms with Gasteiger partial charge in [-0.3, -0.25) is 9.59 Å². The average molecular weight is 332 g/mol. The van der Waals surface area contributed by atoms with Crippen molar-refractivity contribution in [3.8, 4) is 0 Å². The molecule has 0 bridgehead atoms. The van der Waals surface area contributed by atoms with Gasteiger partial charge in [0.25, 0.3) is 5.91 Å². The Morgan fingerprint density at radius 1 is 1.29 bits per heavy atom. The summed E-state index contributed by atoms with van der Waals surface area (Å²) in [6.07, 6.45) is 3.04. The van der Waals surface area contributed by atoms with Gasteiger partial charge >= 0.3 is 5.97 Å². The smallest absolute Gasteiger partial charge is 0.305 e. The lowest BCUT2D eigenvalue weighted by Gasteiger charge is -2.33. The lowest BCUT2D eigenvalue weighted by Crippen LogP contribution is -2.51. The summed E-state index contributed by atoms with van der Waals surface area (Å²) in [5.41, 5.74) is 0.279. The first-order valence-electron chi connectivity index (χ1n) is 8.01. The van der Waals surface area contributed by atoms with E-state index < -0.39 is 11.5 Å². The number of hydrogen-bond donors (Lipinski definition) is 2. The van der Waals surface area contributed by atoms with Gasteiger partial charge in [-0.05, 0) is 32.8 Å². The molecule has 1 unspecified atom stereocenters. The molecular weight excluding hydrogens is 308 g/mol. The first kappa shape index (κ1) is 17.9. The Morgan fingerprint density at radius 2 is 1.96 bits per heavy atom. The number of fused-ring (bicyclic) bond motifs is 1. The molecule has 2 aromatic rings. The number of carbonyl (C=O) groups is 2. The minimum Gasteiger partial charge on any atom is -0.481 e. The maximum atomic E-state index is 12.6. The van der Waals surface area contributed by atoms with Gasteiger partial charge < -0.3 is 10.4 Å². The predicted octanol–water partition coefficient (Wildman–Crippen LogP) is 2.63. The molecule has 0 radical (unpaired) electrons. The molecule has 7 heteroatoms. The Hall–Kier alpha value is -2.44. The molecule has 2 aromatic heterocycles. The lowest BCUT2D eigenvalue weighted by molar-refractivity contribution is -0.138.